The Bertz CT molecular complexity index is 1260. The van der Waals surface area contributed by atoms with Crippen LogP contribution >= 0.6 is 0 Å². The van der Waals surface area contributed by atoms with E-state index in [0.717, 1.165) is 45.4 Å². The fourth-order valence-corrected chi connectivity index (χ4v) is 7.83. The Kier molecular flexibility index (Phi) is 5.60. The largest absolute Gasteiger partial charge is 0.493 e. The minimum Gasteiger partial charge on any atom is -0.493 e. The van der Waals surface area contributed by atoms with Crippen molar-refractivity contribution in [3.05, 3.63) is 65.2 Å². The molecular formula is C31H34O4. The predicted octanol–water partition coefficient (Wildman–Crippen LogP) is 6.74. The monoisotopic (exact) mass is 470 g/mol. The second-order valence-corrected chi connectivity index (χ2v) is 11.3. The van der Waals surface area contributed by atoms with Gasteiger partial charge in [0.05, 0.1) is 12.2 Å². The van der Waals surface area contributed by atoms with E-state index in [1.54, 1.807) is 6.07 Å². The van der Waals surface area contributed by atoms with Gasteiger partial charge in [-0.05, 0) is 120 Å². The number of carboxylic acids is 1. The van der Waals surface area contributed by atoms with E-state index in [2.05, 4.69) is 36.4 Å². The number of rotatable bonds is 7. The Labute approximate surface area is 206 Å². The van der Waals surface area contributed by atoms with Gasteiger partial charge in [0.15, 0.2) is 0 Å². The number of aromatic carboxylic acids is 1. The first-order valence-electron chi connectivity index (χ1n) is 13.1. The van der Waals surface area contributed by atoms with Gasteiger partial charge < -0.3 is 14.9 Å². The summed E-state index contributed by atoms with van der Waals surface area (Å²) in [5.41, 5.74) is 5.08. The van der Waals surface area contributed by atoms with Crippen molar-refractivity contribution in [3.8, 4) is 16.9 Å². The molecule has 0 radical (unpaired) electrons. The number of aliphatic hydroxyl groups excluding tert-OH is 1. The number of aliphatic hydroxyl groups is 1. The first-order chi connectivity index (χ1) is 17.0. The Hall–Kier alpha value is -2.85. The predicted molar refractivity (Wildman–Crippen MR) is 138 cm³/mol. The molecule has 7 rings (SSSR count). The molecular weight excluding hydrogens is 436 g/mol. The second kappa shape index (κ2) is 8.67. The van der Waals surface area contributed by atoms with E-state index in [4.69, 9.17) is 4.74 Å². The highest BCUT2D eigenvalue weighted by Crippen LogP contribution is 2.62. The Morgan fingerprint density at radius 2 is 1.60 bits per heavy atom. The normalized spacial score (nSPS) is 26.9. The van der Waals surface area contributed by atoms with Crippen LogP contribution in [0.15, 0.2) is 48.5 Å². The second-order valence-electron chi connectivity index (χ2n) is 11.3. The van der Waals surface area contributed by atoms with E-state index in [0.29, 0.717) is 18.6 Å². The summed E-state index contributed by atoms with van der Waals surface area (Å²) in [6, 6.07) is 16.7. The summed E-state index contributed by atoms with van der Waals surface area (Å²) in [4.78, 5) is 11.6. The van der Waals surface area contributed by atoms with Crippen LogP contribution in [0.25, 0.3) is 21.9 Å². The summed E-state index contributed by atoms with van der Waals surface area (Å²) < 4.78 is 6.26. The first-order valence-corrected chi connectivity index (χ1v) is 13.1. The molecule has 4 bridgehead atoms. The van der Waals surface area contributed by atoms with E-state index in [1.807, 2.05) is 13.0 Å². The van der Waals surface area contributed by atoms with Crippen LogP contribution in [0.4, 0.5) is 0 Å². The molecule has 0 unspecified atom stereocenters. The van der Waals surface area contributed by atoms with Crippen molar-refractivity contribution in [3.63, 3.8) is 0 Å². The lowest BCUT2D eigenvalue weighted by molar-refractivity contribution is -0.00640. The van der Waals surface area contributed by atoms with E-state index in [1.165, 1.54) is 49.7 Å². The van der Waals surface area contributed by atoms with Gasteiger partial charge in [-0.15, -0.1) is 0 Å². The van der Waals surface area contributed by atoms with Crippen LogP contribution in [0.3, 0.4) is 0 Å². The van der Waals surface area contributed by atoms with E-state index in [9.17, 15) is 15.0 Å². The molecule has 3 aromatic rings. The highest BCUT2D eigenvalue weighted by atomic mass is 16.5. The standard InChI is InChI=1S/C31H34O4/c1-19-26-6-3-23(14-25(26)4-7-27(19)30(33)34)24-5-8-29(35-10-2-9-32)28(15-24)31-16-20-11-21(17-31)13-22(12-20)18-31/h3-8,14-15,20-22,32H,2,9-13,16-18H2,1H3,(H,33,34). The lowest BCUT2D eigenvalue weighted by Gasteiger charge is -2.57. The fourth-order valence-electron chi connectivity index (χ4n) is 7.83. The number of benzene rings is 3. The molecule has 4 aliphatic rings. The number of fused-ring (bicyclic) bond motifs is 1. The smallest absolute Gasteiger partial charge is 0.335 e. The third kappa shape index (κ3) is 3.92. The van der Waals surface area contributed by atoms with Gasteiger partial charge in [-0.25, -0.2) is 4.79 Å². The molecule has 0 aliphatic heterocycles. The van der Waals surface area contributed by atoms with Gasteiger partial charge in [0, 0.05) is 18.6 Å². The van der Waals surface area contributed by atoms with Gasteiger partial charge in [-0.3, -0.25) is 0 Å². The summed E-state index contributed by atoms with van der Waals surface area (Å²) >= 11 is 0. The molecule has 0 amide bonds. The topological polar surface area (TPSA) is 66.8 Å². The third-order valence-electron chi connectivity index (χ3n) is 9.00. The number of ether oxygens (including phenoxy) is 1. The molecule has 4 aliphatic carbocycles. The Morgan fingerprint density at radius 1 is 0.943 bits per heavy atom. The summed E-state index contributed by atoms with van der Waals surface area (Å²) in [6.45, 7) is 2.57. The zero-order valence-corrected chi connectivity index (χ0v) is 20.4. The van der Waals surface area contributed by atoms with Gasteiger partial charge >= 0.3 is 5.97 Å². The number of carbonyl (C=O) groups is 1. The van der Waals surface area contributed by atoms with Crippen molar-refractivity contribution in [1.29, 1.82) is 0 Å². The molecule has 0 saturated heterocycles. The van der Waals surface area contributed by atoms with Crippen molar-refractivity contribution in [2.75, 3.05) is 13.2 Å². The summed E-state index contributed by atoms with van der Waals surface area (Å²) in [6.07, 6.45) is 8.67. The molecule has 35 heavy (non-hydrogen) atoms. The Morgan fingerprint density at radius 3 is 2.26 bits per heavy atom. The summed E-state index contributed by atoms with van der Waals surface area (Å²) in [5.74, 6) is 2.66. The van der Waals surface area contributed by atoms with E-state index < -0.39 is 5.97 Å². The van der Waals surface area contributed by atoms with Crippen LogP contribution in [0.5, 0.6) is 5.75 Å². The molecule has 182 valence electrons. The molecule has 2 N–H and O–H groups in total. The van der Waals surface area contributed by atoms with Crippen LogP contribution in [-0.4, -0.2) is 29.4 Å². The van der Waals surface area contributed by atoms with Gasteiger partial charge in [-0.1, -0.05) is 24.3 Å². The summed E-state index contributed by atoms with van der Waals surface area (Å²) in [5, 5.41) is 20.8. The fraction of sp³-hybridized carbons (Fsp3) is 0.452. The van der Waals surface area contributed by atoms with Crippen molar-refractivity contribution >= 4 is 16.7 Å². The SMILES string of the molecule is Cc1c(C(=O)O)ccc2cc(-c3ccc(OCCCO)c(C45CC6CC(CC(C6)C4)C5)c3)ccc12. The third-order valence-corrected chi connectivity index (χ3v) is 9.00. The maximum absolute atomic E-state index is 11.6. The maximum atomic E-state index is 11.6. The molecule has 0 spiro atoms. The lowest BCUT2D eigenvalue weighted by Crippen LogP contribution is -2.48. The minimum atomic E-state index is -0.884. The molecule has 0 heterocycles. The van der Waals surface area contributed by atoms with Crippen LogP contribution in [0.2, 0.25) is 0 Å². The van der Waals surface area contributed by atoms with Crippen molar-refractivity contribution in [2.45, 2.75) is 57.3 Å². The number of carboxylic acid groups (broad SMARTS) is 1. The summed E-state index contributed by atoms with van der Waals surface area (Å²) in [7, 11) is 0. The molecule has 4 heteroatoms. The van der Waals surface area contributed by atoms with Crippen molar-refractivity contribution in [2.24, 2.45) is 17.8 Å². The van der Waals surface area contributed by atoms with Crippen molar-refractivity contribution < 1.29 is 19.7 Å². The maximum Gasteiger partial charge on any atom is 0.335 e. The number of hydrogen-bond acceptors (Lipinski definition) is 3. The zero-order valence-electron chi connectivity index (χ0n) is 20.4. The van der Waals surface area contributed by atoms with Gasteiger partial charge in [0.1, 0.15) is 5.75 Å². The lowest BCUT2D eigenvalue weighted by atomic mass is 9.48. The average molecular weight is 471 g/mol. The van der Waals surface area contributed by atoms with Gasteiger partial charge in [0.25, 0.3) is 0 Å². The van der Waals surface area contributed by atoms with Crippen LogP contribution in [0, 0.1) is 24.7 Å². The van der Waals surface area contributed by atoms with Gasteiger partial charge in [-0.2, -0.15) is 0 Å². The molecule has 4 fully saturated rings. The molecule has 0 aromatic heterocycles. The first kappa shape index (κ1) is 22.6. The zero-order chi connectivity index (χ0) is 24.2. The van der Waals surface area contributed by atoms with Crippen LogP contribution in [-0.2, 0) is 5.41 Å². The molecule has 4 nitrogen and oxygen atoms in total. The molecule has 3 aromatic carbocycles. The average Bonchev–Trinajstić information content (AvgIpc) is 2.83. The molecule has 0 atom stereocenters. The highest BCUT2D eigenvalue weighted by Gasteiger charge is 2.52. The van der Waals surface area contributed by atoms with E-state index >= 15 is 0 Å². The number of aryl methyl sites for hydroxylation is 1. The van der Waals surface area contributed by atoms with Crippen molar-refractivity contribution in [1.82, 2.24) is 0 Å². The quantitative estimate of drug-likeness (QED) is 0.375. The Balaban J connectivity index is 1.42. The van der Waals surface area contributed by atoms with Crippen LogP contribution < -0.4 is 4.74 Å². The number of hydrogen-bond donors (Lipinski definition) is 2. The molecule has 4 saturated carbocycles. The minimum absolute atomic E-state index is 0.144. The van der Waals surface area contributed by atoms with E-state index in [-0.39, 0.29) is 12.0 Å². The van der Waals surface area contributed by atoms with Crippen LogP contribution in [0.1, 0.15) is 66.4 Å². The highest BCUT2D eigenvalue weighted by molar-refractivity contribution is 5.99. The van der Waals surface area contributed by atoms with Gasteiger partial charge in [0.2, 0.25) is 0 Å².